The highest BCUT2D eigenvalue weighted by atomic mass is 16.5. The van der Waals surface area contributed by atoms with Crippen LogP contribution in [0.1, 0.15) is 36.8 Å². The highest BCUT2D eigenvalue weighted by Crippen LogP contribution is 2.17. The van der Waals surface area contributed by atoms with Gasteiger partial charge in [-0.25, -0.2) is 4.79 Å². The molecule has 4 rings (SSSR count). The molecule has 6 heteroatoms. The number of imidazole rings is 1. The summed E-state index contributed by atoms with van der Waals surface area (Å²) >= 11 is 0. The number of rotatable bonds is 8. The van der Waals surface area contributed by atoms with Crippen LogP contribution in [0.15, 0.2) is 53.3 Å². The maximum absolute atomic E-state index is 12.5. The maximum Gasteiger partial charge on any atom is 0.323 e. The average molecular weight is 408 g/mol. The number of likely N-dealkylation sites (tertiary alicyclic amines) is 1. The fourth-order valence-electron chi connectivity index (χ4n) is 4.10. The minimum absolute atomic E-state index is 0.190. The molecule has 0 aliphatic carbocycles. The molecule has 1 saturated heterocycles. The molecular formula is C24H29N3O3. The number of benzene rings is 2. The molecule has 0 radical (unpaired) electrons. The molecule has 1 fully saturated rings. The van der Waals surface area contributed by atoms with Crippen molar-refractivity contribution >= 4 is 16.9 Å². The minimum atomic E-state index is -0.190. The zero-order valence-electron chi connectivity index (χ0n) is 17.2. The van der Waals surface area contributed by atoms with Gasteiger partial charge in [0.15, 0.2) is 0 Å². The summed E-state index contributed by atoms with van der Waals surface area (Å²) in [7, 11) is 0. The topological polar surface area (TPSA) is 78.2 Å². The van der Waals surface area contributed by atoms with Gasteiger partial charge in [0.1, 0.15) is 0 Å². The van der Waals surface area contributed by atoms with E-state index in [0.29, 0.717) is 6.42 Å². The zero-order chi connectivity index (χ0) is 20.8. The van der Waals surface area contributed by atoms with E-state index in [1.54, 1.807) is 0 Å². The van der Waals surface area contributed by atoms with Gasteiger partial charge >= 0.3 is 5.69 Å². The van der Waals surface area contributed by atoms with Crippen molar-refractivity contribution in [3.05, 3.63) is 70.1 Å². The number of piperidine rings is 1. The fraction of sp³-hybridized carbons (Fsp3) is 0.417. The Morgan fingerprint density at radius 2 is 1.73 bits per heavy atom. The molecule has 1 aliphatic heterocycles. The number of fused-ring (bicyclic) bond motifs is 1. The number of nitrogens with zero attached hydrogens (tertiary/aromatic N) is 1. The van der Waals surface area contributed by atoms with E-state index in [4.69, 9.17) is 4.74 Å². The summed E-state index contributed by atoms with van der Waals surface area (Å²) in [6, 6.07) is 16.3. The molecule has 1 amide bonds. The molecule has 0 bridgehead atoms. The third kappa shape index (κ3) is 5.39. The lowest BCUT2D eigenvalue weighted by Crippen LogP contribution is -2.41. The Bertz CT molecular complexity index is 1020. The zero-order valence-corrected chi connectivity index (χ0v) is 17.2. The van der Waals surface area contributed by atoms with Crippen molar-refractivity contribution in [2.24, 2.45) is 0 Å². The van der Waals surface area contributed by atoms with Crippen LogP contribution in [0.3, 0.4) is 0 Å². The van der Waals surface area contributed by atoms with Crippen LogP contribution in [0.5, 0.6) is 0 Å². The van der Waals surface area contributed by atoms with Gasteiger partial charge in [-0.3, -0.25) is 4.79 Å². The quantitative estimate of drug-likeness (QED) is 0.601. The maximum atomic E-state index is 12.5. The summed E-state index contributed by atoms with van der Waals surface area (Å²) in [4.78, 5) is 31.4. The van der Waals surface area contributed by atoms with Crippen molar-refractivity contribution in [2.75, 3.05) is 19.7 Å². The molecule has 0 saturated carbocycles. The summed E-state index contributed by atoms with van der Waals surface area (Å²) in [5.74, 6) is 0.230. The lowest BCUT2D eigenvalue weighted by molar-refractivity contribution is -0.133. The summed E-state index contributed by atoms with van der Waals surface area (Å²) in [6.07, 6.45) is 5.22. The number of carbonyl (C=O) groups excluding carboxylic acids is 1. The summed E-state index contributed by atoms with van der Waals surface area (Å²) in [6.45, 7) is 2.30. The predicted molar refractivity (Wildman–Crippen MR) is 118 cm³/mol. The minimum Gasteiger partial charge on any atom is -0.378 e. The van der Waals surface area contributed by atoms with E-state index in [9.17, 15) is 9.59 Å². The van der Waals surface area contributed by atoms with E-state index in [0.717, 1.165) is 68.4 Å². The summed E-state index contributed by atoms with van der Waals surface area (Å²) in [5, 5.41) is 0. The molecule has 1 aromatic heterocycles. The van der Waals surface area contributed by atoms with E-state index in [2.05, 4.69) is 34.2 Å². The predicted octanol–water partition coefficient (Wildman–Crippen LogP) is 3.43. The third-order valence-corrected chi connectivity index (χ3v) is 5.82. The molecule has 158 valence electrons. The highest BCUT2D eigenvalue weighted by molar-refractivity contribution is 5.76. The van der Waals surface area contributed by atoms with Crippen LogP contribution >= 0.6 is 0 Å². The van der Waals surface area contributed by atoms with Crippen LogP contribution in [0.2, 0.25) is 0 Å². The average Bonchev–Trinajstić information content (AvgIpc) is 3.14. The Balaban J connectivity index is 1.14. The van der Waals surface area contributed by atoms with Gasteiger partial charge in [-0.05, 0) is 55.4 Å². The molecule has 0 atom stereocenters. The Hall–Kier alpha value is -2.86. The molecule has 2 heterocycles. The molecule has 3 aromatic rings. The first-order chi connectivity index (χ1) is 14.7. The van der Waals surface area contributed by atoms with Crippen molar-refractivity contribution in [1.29, 1.82) is 0 Å². The standard InChI is InChI=1S/C24H29N3O3/c28-23(8-4-7-19-9-10-21-22(17-19)26-24(29)25-21)27-14-11-20(12-15-27)30-16-13-18-5-2-1-3-6-18/h1-3,5-6,9-10,17,20H,4,7-8,11-16H2,(H2,25,26,29). The molecule has 0 spiro atoms. The number of carbonyl (C=O) groups is 1. The first-order valence-electron chi connectivity index (χ1n) is 10.8. The van der Waals surface area contributed by atoms with Crippen LogP contribution < -0.4 is 5.69 Å². The largest absolute Gasteiger partial charge is 0.378 e. The number of ether oxygens (including phenoxy) is 1. The molecule has 1 aliphatic rings. The second kappa shape index (κ2) is 9.76. The number of hydrogen-bond donors (Lipinski definition) is 2. The van der Waals surface area contributed by atoms with E-state index in [1.807, 2.05) is 29.2 Å². The van der Waals surface area contributed by atoms with Crippen molar-refractivity contribution in [3.8, 4) is 0 Å². The Kier molecular flexibility index (Phi) is 6.64. The number of amides is 1. The third-order valence-electron chi connectivity index (χ3n) is 5.82. The molecule has 6 nitrogen and oxygen atoms in total. The van der Waals surface area contributed by atoms with Crippen LogP contribution in [0.4, 0.5) is 0 Å². The van der Waals surface area contributed by atoms with Gasteiger partial charge in [0.2, 0.25) is 5.91 Å². The first kappa shape index (κ1) is 20.4. The summed E-state index contributed by atoms with van der Waals surface area (Å²) < 4.78 is 6.03. The van der Waals surface area contributed by atoms with Gasteiger partial charge in [0.05, 0.1) is 23.7 Å². The first-order valence-corrected chi connectivity index (χ1v) is 10.8. The van der Waals surface area contributed by atoms with Crippen molar-refractivity contribution in [3.63, 3.8) is 0 Å². The molecular weight excluding hydrogens is 378 g/mol. The molecule has 0 unspecified atom stereocenters. The monoisotopic (exact) mass is 407 g/mol. The fourth-order valence-corrected chi connectivity index (χ4v) is 4.10. The van der Waals surface area contributed by atoms with Gasteiger partial charge < -0.3 is 19.6 Å². The van der Waals surface area contributed by atoms with Gasteiger partial charge in [-0.1, -0.05) is 36.4 Å². The molecule has 30 heavy (non-hydrogen) atoms. The molecule has 2 N–H and O–H groups in total. The van der Waals surface area contributed by atoms with Crippen LogP contribution in [0.25, 0.3) is 11.0 Å². The van der Waals surface area contributed by atoms with E-state index < -0.39 is 0 Å². The second-order valence-corrected chi connectivity index (χ2v) is 8.00. The smallest absolute Gasteiger partial charge is 0.323 e. The highest BCUT2D eigenvalue weighted by Gasteiger charge is 2.22. The Morgan fingerprint density at radius 3 is 2.53 bits per heavy atom. The lowest BCUT2D eigenvalue weighted by Gasteiger charge is -2.32. The number of aryl methyl sites for hydroxylation is 1. The van der Waals surface area contributed by atoms with Gasteiger partial charge in [0.25, 0.3) is 0 Å². The Labute approximate surface area is 176 Å². The van der Waals surface area contributed by atoms with Crippen molar-refractivity contribution in [2.45, 2.75) is 44.6 Å². The number of aromatic amines is 2. The SMILES string of the molecule is O=C(CCCc1ccc2[nH]c(=O)[nH]c2c1)N1CCC(OCCc2ccccc2)CC1. The molecule has 2 aromatic carbocycles. The number of aromatic nitrogens is 2. The second-order valence-electron chi connectivity index (χ2n) is 8.00. The van der Waals surface area contributed by atoms with E-state index >= 15 is 0 Å². The summed E-state index contributed by atoms with van der Waals surface area (Å²) in [5.41, 5.74) is 3.87. The Morgan fingerprint density at radius 1 is 0.967 bits per heavy atom. The van der Waals surface area contributed by atoms with Crippen molar-refractivity contribution in [1.82, 2.24) is 14.9 Å². The number of H-pyrrole nitrogens is 2. The number of hydrogen-bond acceptors (Lipinski definition) is 3. The van der Waals surface area contributed by atoms with Crippen LogP contribution in [0, 0.1) is 0 Å². The van der Waals surface area contributed by atoms with Crippen LogP contribution in [-0.2, 0) is 22.4 Å². The number of nitrogens with one attached hydrogen (secondary N) is 2. The van der Waals surface area contributed by atoms with Crippen LogP contribution in [-0.4, -0.2) is 46.6 Å². The van der Waals surface area contributed by atoms with Gasteiger partial charge in [-0.2, -0.15) is 0 Å². The lowest BCUT2D eigenvalue weighted by atomic mass is 10.0. The van der Waals surface area contributed by atoms with E-state index in [1.165, 1.54) is 5.56 Å². The van der Waals surface area contributed by atoms with Crippen molar-refractivity contribution < 1.29 is 9.53 Å². The van der Waals surface area contributed by atoms with Gasteiger partial charge in [-0.15, -0.1) is 0 Å². The van der Waals surface area contributed by atoms with Gasteiger partial charge in [0, 0.05) is 19.5 Å². The normalized spacial score (nSPS) is 15.0. The van der Waals surface area contributed by atoms with E-state index in [-0.39, 0.29) is 17.7 Å².